The molecular formula is C25H26BrNO4S. The summed E-state index contributed by atoms with van der Waals surface area (Å²) in [5.41, 5.74) is 2.45. The second-order valence-electron chi connectivity index (χ2n) is 7.38. The van der Waals surface area contributed by atoms with Crippen LogP contribution in [0.2, 0.25) is 0 Å². The van der Waals surface area contributed by atoms with Gasteiger partial charge in [-0.2, -0.15) is 0 Å². The minimum atomic E-state index is -4.04. The van der Waals surface area contributed by atoms with Gasteiger partial charge in [-0.15, -0.1) is 0 Å². The third-order valence-electron chi connectivity index (χ3n) is 4.97. The lowest BCUT2D eigenvalue weighted by molar-refractivity contribution is -0.117. The molecule has 0 aliphatic carbocycles. The van der Waals surface area contributed by atoms with E-state index >= 15 is 0 Å². The van der Waals surface area contributed by atoms with Crippen LogP contribution >= 0.6 is 15.9 Å². The predicted octanol–water partition coefficient (Wildman–Crippen LogP) is 5.90. The fourth-order valence-electron chi connectivity index (χ4n) is 3.18. The second kappa shape index (κ2) is 10.8. The number of rotatable bonds is 9. The van der Waals surface area contributed by atoms with Crippen molar-refractivity contribution in [1.29, 1.82) is 0 Å². The fraction of sp³-hybridized carbons (Fsp3) is 0.240. The Morgan fingerprint density at radius 2 is 1.69 bits per heavy atom. The number of sulfonamides is 1. The van der Waals surface area contributed by atoms with Crippen LogP contribution in [0.5, 0.6) is 5.75 Å². The number of carbonyl (C=O) groups is 1. The number of hydrogen-bond acceptors (Lipinski definition) is 4. The van der Waals surface area contributed by atoms with Gasteiger partial charge in [-0.05, 0) is 77.7 Å². The van der Waals surface area contributed by atoms with Gasteiger partial charge in [0.05, 0.1) is 21.7 Å². The molecule has 0 N–H and O–H groups in total. The zero-order valence-corrected chi connectivity index (χ0v) is 20.5. The number of carbonyl (C=O) groups excluding carboxylic acids is 1. The molecule has 0 saturated carbocycles. The summed E-state index contributed by atoms with van der Waals surface area (Å²) in [4.78, 5) is 13.2. The van der Waals surface area contributed by atoms with Crippen LogP contribution in [0.4, 0.5) is 5.69 Å². The molecule has 0 radical (unpaired) electrons. The quantitative estimate of drug-likeness (QED) is 0.332. The Bertz CT molecular complexity index is 1160. The number of ether oxygens (including phenoxy) is 1. The third kappa shape index (κ3) is 5.78. The van der Waals surface area contributed by atoms with E-state index in [0.29, 0.717) is 24.5 Å². The molecule has 0 saturated heterocycles. The Balaban J connectivity index is 1.73. The van der Waals surface area contributed by atoms with E-state index in [4.69, 9.17) is 4.74 Å². The largest absolute Gasteiger partial charge is 0.492 e. The number of anilines is 1. The smallest absolute Gasteiger partial charge is 0.270 e. The number of amides is 1. The van der Waals surface area contributed by atoms with E-state index in [1.54, 1.807) is 42.5 Å². The number of para-hydroxylation sites is 1. The molecule has 3 rings (SSSR count). The highest BCUT2D eigenvalue weighted by Crippen LogP contribution is 2.27. The molecule has 0 aromatic heterocycles. The van der Waals surface area contributed by atoms with Crippen molar-refractivity contribution in [1.82, 2.24) is 0 Å². The summed E-state index contributed by atoms with van der Waals surface area (Å²) >= 11 is 3.50. The minimum Gasteiger partial charge on any atom is -0.492 e. The summed E-state index contributed by atoms with van der Waals surface area (Å²) < 4.78 is 34.2. The first-order valence-corrected chi connectivity index (χ1v) is 12.7. The van der Waals surface area contributed by atoms with Crippen LogP contribution in [-0.4, -0.2) is 20.9 Å². The van der Waals surface area contributed by atoms with E-state index in [1.165, 1.54) is 17.7 Å². The molecule has 0 aliphatic rings. The van der Waals surface area contributed by atoms with Gasteiger partial charge >= 0.3 is 0 Å². The Morgan fingerprint density at radius 1 is 1.00 bits per heavy atom. The van der Waals surface area contributed by atoms with E-state index in [1.807, 2.05) is 25.1 Å². The molecular weight excluding hydrogens is 490 g/mol. The van der Waals surface area contributed by atoms with E-state index in [9.17, 15) is 13.2 Å². The van der Waals surface area contributed by atoms with Crippen molar-refractivity contribution in [2.24, 2.45) is 0 Å². The molecule has 168 valence electrons. The van der Waals surface area contributed by atoms with Crippen molar-refractivity contribution >= 4 is 37.5 Å². The first-order valence-electron chi connectivity index (χ1n) is 10.4. The van der Waals surface area contributed by atoms with Crippen LogP contribution < -0.4 is 9.04 Å². The molecule has 5 nitrogen and oxygen atoms in total. The molecule has 7 heteroatoms. The zero-order valence-electron chi connectivity index (χ0n) is 18.1. The highest BCUT2D eigenvalue weighted by atomic mass is 79.9. The van der Waals surface area contributed by atoms with Gasteiger partial charge in [-0.1, -0.05) is 48.9 Å². The molecule has 0 aliphatic heterocycles. The first-order chi connectivity index (χ1) is 15.3. The average Bonchev–Trinajstić information content (AvgIpc) is 2.78. The highest BCUT2D eigenvalue weighted by molar-refractivity contribution is 9.10. The van der Waals surface area contributed by atoms with Gasteiger partial charge < -0.3 is 4.74 Å². The Hall–Kier alpha value is -2.64. The van der Waals surface area contributed by atoms with Gasteiger partial charge in [0, 0.05) is 6.42 Å². The van der Waals surface area contributed by atoms with Gasteiger partial charge in [0.1, 0.15) is 5.75 Å². The van der Waals surface area contributed by atoms with Gasteiger partial charge in [0.2, 0.25) is 5.91 Å². The summed E-state index contributed by atoms with van der Waals surface area (Å²) in [6, 6.07) is 20.8. The average molecular weight is 516 g/mol. The van der Waals surface area contributed by atoms with Crippen LogP contribution in [0.15, 0.2) is 82.2 Å². The lowest BCUT2D eigenvalue weighted by Gasteiger charge is -2.23. The molecule has 0 bridgehead atoms. The Kier molecular flexibility index (Phi) is 8.10. The summed E-state index contributed by atoms with van der Waals surface area (Å²) in [6.45, 7) is 4.25. The molecule has 0 atom stereocenters. The van der Waals surface area contributed by atoms with Crippen LogP contribution in [0.3, 0.4) is 0 Å². The first kappa shape index (κ1) is 24.0. The summed E-state index contributed by atoms with van der Waals surface area (Å²) in [6.07, 6.45) is 1.34. The number of benzene rings is 3. The number of aryl methyl sites for hydroxylation is 2. The molecule has 0 unspecified atom stereocenters. The zero-order chi connectivity index (χ0) is 23.1. The van der Waals surface area contributed by atoms with E-state index in [0.717, 1.165) is 20.8 Å². The van der Waals surface area contributed by atoms with E-state index in [-0.39, 0.29) is 11.3 Å². The van der Waals surface area contributed by atoms with Crippen LogP contribution in [0.25, 0.3) is 0 Å². The van der Waals surface area contributed by atoms with Crippen molar-refractivity contribution in [3.63, 3.8) is 0 Å². The van der Waals surface area contributed by atoms with Gasteiger partial charge in [-0.3, -0.25) is 4.79 Å². The molecule has 0 fully saturated rings. The molecule has 32 heavy (non-hydrogen) atoms. The maximum absolute atomic E-state index is 13.3. The summed E-state index contributed by atoms with van der Waals surface area (Å²) in [5.74, 6) is 0.197. The SMILES string of the molecule is CCc1ccc(OCCCC(=O)N(c2ccccc2)S(=O)(=O)c2ccc(C)cc2)c(Br)c1. The van der Waals surface area contributed by atoms with Gasteiger partial charge in [-0.25, -0.2) is 12.7 Å². The summed E-state index contributed by atoms with van der Waals surface area (Å²) in [7, 11) is -4.04. The lowest BCUT2D eigenvalue weighted by atomic mass is 10.2. The van der Waals surface area contributed by atoms with E-state index in [2.05, 4.69) is 22.9 Å². The van der Waals surface area contributed by atoms with Crippen molar-refractivity contribution in [3.05, 3.63) is 88.4 Å². The molecule has 3 aromatic carbocycles. The Morgan fingerprint density at radius 3 is 2.31 bits per heavy atom. The van der Waals surface area contributed by atoms with Crippen molar-refractivity contribution in [2.75, 3.05) is 10.9 Å². The predicted molar refractivity (Wildman–Crippen MR) is 131 cm³/mol. The van der Waals surface area contributed by atoms with Crippen LogP contribution in [0, 0.1) is 6.92 Å². The van der Waals surface area contributed by atoms with Crippen molar-refractivity contribution < 1.29 is 17.9 Å². The number of nitrogens with zero attached hydrogens (tertiary/aromatic N) is 1. The monoisotopic (exact) mass is 515 g/mol. The molecule has 1 amide bonds. The maximum Gasteiger partial charge on any atom is 0.270 e. The van der Waals surface area contributed by atoms with Crippen LogP contribution in [0.1, 0.15) is 30.9 Å². The summed E-state index contributed by atoms with van der Waals surface area (Å²) in [5, 5.41) is 0. The number of halogens is 1. The second-order valence-corrected chi connectivity index (χ2v) is 10.0. The minimum absolute atomic E-state index is 0.0324. The fourth-order valence-corrected chi connectivity index (χ4v) is 5.17. The topological polar surface area (TPSA) is 63.7 Å². The number of hydrogen-bond donors (Lipinski definition) is 0. The van der Waals surface area contributed by atoms with Crippen molar-refractivity contribution in [2.45, 2.75) is 38.0 Å². The standard InChI is InChI=1S/C25H26BrNO4S/c1-3-20-13-16-24(23(26)18-20)31-17-7-10-25(28)27(21-8-5-4-6-9-21)32(29,30)22-14-11-19(2)12-15-22/h4-6,8-9,11-16,18H,3,7,10,17H2,1-2H3. The molecule has 0 heterocycles. The maximum atomic E-state index is 13.3. The van der Waals surface area contributed by atoms with Gasteiger partial charge in [0.25, 0.3) is 10.0 Å². The normalized spacial score (nSPS) is 11.2. The molecule has 0 spiro atoms. The van der Waals surface area contributed by atoms with Crippen LogP contribution in [-0.2, 0) is 21.2 Å². The van der Waals surface area contributed by atoms with Gasteiger partial charge in [0.15, 0.2) is 0 Å². The third-order valence-corrected chi connectivity index (χ3v) is 7.36. The Labute approximate surface area is 198 Å². The van der Waals surface area contributed by atoms with Crippen molar-refractivity contribution in [3.8, 4) is 5.75 Å². The highest BCUT2D eigenvalue weighted by Gasteiger charge is 2.30. The lowest BCUT2D eigenvalue weighted by Crippen LogP contribution is -2.37. The molecule has 3 aromatic rings. The van der Waals surface area contributed by atoms with E-state index < -0.39 is 15.9 Å².